The van der Waals surface area contributed by atoms with E-state index in [2.05, 4.69) is 11.8 Å². The van der Waals surface area contributed by atoms with E-state index in [1.54, 1.807) is 0 Å². The molecule has 3 atom stereocenters. The highest BCUT2D eigenvalue weighted by molar-refractivity contribution is 4.91. The van der Waals surface area contributed by atoms with Crippen molar-refractivity contribution in [3.05, 3.63) is 0 Å². The Labute approximate surface area is 92.4 Å². The van der Waals surface area contributed by atoms with Gasteiger partial charge in [-0.3, -0.25) is 4.90 Å². The molecule has 1 N–H and O–H groups in total. The van der Waals surface area contributed by atoms with Gasteiger partial charge in [-0.15, -0.1) is 0 Å². The first kappa shape index (κ1) is 11.4. The van der Waals surface area contributed by atoms with Crippen molar-refractivity contribution in [3.8, 4) is 0 Å². The Kier molecular flexibility index (Phi) is 3.33. The highest BCUT2D eigenvalue weighted by Gasteiger charge is 2.36. The number of rotatable bonds is 2. The summed E-state index contributed by atoms with van der Waals surface area (Å²) in [6.07, 6.45) is 5.41. The van der Waals surface area contributed by atoms with E-state index in [0.717, 1.165) is 32.2 Å². The minimum atomic E-state index is -0.0641. The van der Waals surface area contributed by atoms with Crippen molar-refractivity contribution in [2.75, 3.05) is 20.2 Å². The lowest BCUT2D eigenvalue weighted by atomic mass is 9.93. The van der Waals surface area contributed by atoms with E-state index in [4.69, 9.17) is 4.74 Å². The van der Waals surface area contributed by atoms with Crippen LogP contribution >= 0.6 is 0 Å². The summed E-state index contributed by atoms with van der Waals surface area (Å²) in [6.45, 7) is 4.40. The zero-order valence-corrected chi connectivity index (χ0v) is 9.91. The third-order valence-corrected chi connectivity index (χ3v) is 4.07. The maximum atomic E-state index is 9.56. The lowest BCUT2D eigenvalue weighted by molar-refractivity contribution is -0.0614. The maximum absolute atomic E-state index is 9.56. The summed E-state index contributed by atoms with van der Waals surface area (Å²) in [5.41, 5.74) is 0.0335. The van der Waals surface area contributed by atoms with Gasteiger partial charge in [0.1, 0.15) is 0 Å². The van der Waals surface area contributed by atoms with Gasteiger partial charge in [0.25, 0.3) is 0 Å². The molecule has 0 aromatic carbocycles. The molecule has 0 bridgehead atoms. The van der Waals surface area contributed by atoms with Crippen LogP contribution in [0, 0.1) is 0 Å². The Morgan fingerprint density at radius 1 is 1.40 bits per heavy atom. The second-order valence-corrected chi connectivity index (χ2v) is 5.35. The van der Waals surface area contributed by atoms with Crippen LogP contribution in [0.1, 0.15) is 39.0 Å². The van der Waals surface area contributed by atoms with Crippen LogP contribution in [0.5, 0.6) is 0 Å². The van der Waals surface area contributed by atoms with Crippen LogP contribution in [0.2, 0.25) is 0 Å². The monoisotopic (exact) mass is 213 g/mol. The van der Waals surface area contributed by atoms with Crippen molar-refractivity contribution >= 4 is 0 Å². The lowest BCUT2D eigenvalue weighted by Crippen LogP contribution is -2.50. The van der Waals surface area contributed by atoms with E-state index < -0.39 is 0 Å². The van der Waals surface area contributed by atoms with Crippen LogP contribution < -0.4 is 0 Å². The van der Waals surface area contributed by atoms with Crippen LogP contribution in [0.25, 0.3) is 0 Å². The predicted octanol–water partition coefficient (Wildman–Crippen LogP) is 1.40. The highest BCUT2D eigenvalue weighted by atomic mass is 16.5. The molecule has 3 nitrogen and oxygen atoms in total. The van der Waals surface area contributed by atoms with Crippen molar-refractivity contribution in [3.63, 3.8) is 0 Å². The second kappa shape index (κ2) is 4.40. The SMILES string of the molecule is COC1(C)CCCN(C2CCC(O)C2)C1. The molecule has 0 spiro atoms. The number of nitrogens with zero attached hydrogens (tertiary/aromatic N) is 1. The summed E-state index contributed by atoms with van der Waals surface area (Å²) in [5, 5.41) is 9.56. The molecule has 2 fully saturated rings. The molecule has 1 saturated carbocycles. The third kappa shape index (κ3) is 2.52. The summed E-state index contributed by atoms with van der Waals surface area (Å²) in [5.74, 6) is 0. The average molecular weight is 213 g/mol. The number of piperidine rings is 1. The molecule has 0 aromatic rings. The summed E-state index contributed by atoms with van der Waals surface area (Å²) in [7, 11) is 1.81. The first-order valence-corrected chi connectivity index (χ1v) is 6.10. The molecule has 1 saturated heterocycles. The summed E-state index contributed by atoms with van der Waals surface area (Å²) in [6, 6.07) is 0.592. The Hall–Kier alpha value is -0.120. The predicted molar refractivity (Wildman–Crippen MR) is 59.9 cm³/mol. The topological polar surface area (TPSA) is 32.7 Å². The third-order valence-electron chi connectivity index (χ3n) is 4.07. The largest absolute Gasteiger partial charge is 0.393 e. The van der Waals surface area contributed by atoms with Crippen LogP contribution in [0.15, 0.2) is 0 Å². The first-order chi connectivity index (χ1) is 7.13. The number of methoxy groups -OCH3 is 1. The highest BCUT2D eigenvalue weighted by Crippen LogP contribution is 2.31. The van der Waals surface area contributed by atoms with Crippen molar-refractivity contribution in [1.29, 1.82) is 0 Å². The van der Waals surface area contributed by atoms with Gasteiger partial charge >= 0.3 is 0 Å². The van der Waals surface area contributed by atoms with Gasteiger partial charge in [0.15, 0.2) is 0 Å². The Morgan fingerprint density at radius 2 is 2.20 bits per heavy atom. The van der Waals surface area contributed by atoms with Crippen molar-refractivity contribution < 1.29 is 9.84 Å². The number of hydrogen-bond donors (Lipinski definition) is 1. The smallest absolute Gasteiger partial charge is 0.0777 e. The molecule has 0 radical (unpaired) electrons. The molecular weight excluding hydrogens is 190 g/mol. The van der Waals surface area contributed by atoms with E-state index in [9.17, 15) is 5.11 Å². The first-order valence-electron chi connectivity index (χ1n) is 6.10. The average Bonchev–Trinajstić information content (AvgIpc) is 2.65. The quantitative estimate of drug-likeness (QED) is 0.752. The molecule has 2 rings (SSSR count). The molecule has 2 aliphatic rings. The van der Waals surface area contributed by atoms with Gasteiger partial charge in [-0.05, 0) is 45.6 Å². The number of likely N-dealkylation sites (tertiary alicyclic amines) is 1. The summed E-state index contributed by atoms with van der Waals surface area (Å²) >= 11 is 0. The van der Waals surface area contributed by atoms with Crippen molar-refractivity contribution in [2.24, 2.45) is 0 Å². The standard InChI is InChI=1S/C12H23NO2/c1-12(15-2)6-3-7-13(9-12)10-4-5-11(14)8-10/h10-11,14H,3-9H2,1-2H3. The van der Waals surface area contributed by atoms with Gasteiger partial charge in [0, 0.05) is 19.7 Å². The molecule has 15 heavy (non-hydrogen) atoms. The molecule has 88 valence electrons. The zero-order valence-electron chi connectivity index (χ0n) is 9.91. The van der Waals surface area contributed by atoms with Crippen LogP contribution in [-0.4, -0.2) is 48.0 Å². The minimum absolute atomic E-state index is 0.0335. The molecule has 3 heteroatoms. The molecule has 1 heterocycles. The van der Waals surface area contributed by atoms with E-state index in [1.165, 1.54) is 13.0 Å². The lowest BCUT2D eigenvalue weighted by Gasteiger charge is -2.42. The molecule has 0 aromatic heterocycles. The van der Waals surface area contributed by atoms with Gasteiger partial charge in [-0.25, -0.2) is 0 Å². The summed E-state index contributed by atoms with van der Waals surface area (Å²) in [4.78, 5) is 2.52. The van der Waals surface area contributed by atoms with Crippen LogP contribution in [0.3, 0.4) is 0 Å². The van der Waals surface area contributed by atoms with Gasteiger partial charge in [-0.2, -0.15) is 0 Å². The van der Waals surface area contributed by atoms with E-state index in [1.807, 2.05) is 7.11 Å². The Morgan fingerprint density at radius 3 is 2.80 bits per heavy atom. The number of hydrogen-bond acceptors (Lipinski definition) is 3. The molecular formula is C12H23NO2. The van der Waals surface area contributed by atoms with Crippen LogP contribution in [-0.2, 0) is 4.74 Å². The minimum Gasteiger partial charge on any atom is -0.393 e. The molecule has 1 aliphatic heterocycles. The van der Waals surface area contributed by atoms with E-state index >= 15 is 0 Å². The van der Waals surface area contributed by atoms with Gasteiger partial charge in [-0.1, -0.05) is 0 Å². The van der Waals surface area contributed by atoms with Crippen molar-refractivity contribution in [2.45, 2.75) is 56.8 Å². The zero-order chi connectivity index (χ0) is 10.9. The van der Waals surface area contributed by atoms with Gasteiger partial charge < -0.3 is 9.84 Å². The normalized spacial score (nSPS) is 43.4. The number of aliphatic hydroxyl groups is 1. The Bertz CT molecular complexity index is 222. The second-order valence-electron chi connectivity index (χ2n) is 5.35. The fourth-order valence-corrected chi connectivity index (χ4v) is 2.99. The maximum Gasteiger partial charge on any atom is 0.0777 e. The fourth-order valence-electron chi connectivity index (χ4n) is 2.99. The van der Waals surface area contributed by atoms with Gasteiger partial charge in [0.2, 0.25) is 0 Å². The molecule has 1 aliphatic carbocycles. The van der Waals surface area contributed by atoms with Crippen LogP contribution in [0.4, 0.5) is 0 Å². The van der Waals surface area contributed by atoms with E-state index in [-0.39, 0.29) is 11.7 Å². The van der Waals surface area contributed by atoms with Crippen molar-refractivity contribution in [1.82, 2.24) is 4.90 Å². The Balaban J connectivity index is 1.92. The molecule has 3 unspecified atom stereocenters. The van der Waals surface area contributed by atoms with Gasteiger partial charge in [0.05, 0.1) is 11.7 Å². The number of aliphatic hydroxyl groups excluding tert-OH is 1. The van der Waals surface area contributed by atoms with E-state index in [0.29, 0.717) is 6.04 Å². The number of ether oxygens (including phenoxy) is 1. The molecule has 0 amide bonds. The fraction of sp³-hybridized carbons (Fsp3) is 1.00. The summed E-state index contributed by atoms with van der Waals surface area (Å²) < 4.78 is 5.59.